The number of anilines is 3. The van der Waals surface area contributed by atoms with Gasteiger partial charge in [-0.25, -0.2) is 4.98 Å². The quantitative estimate of drug-likeness (QED) is 0.860. The van der Waals surface area contributed by atoms with Gasteiger partial charge in [0.15, 0.2) is 0 Å². The van der Waals surface area contributed by atoms with Crippen LogP contribution in [0.1, 0.15) is 19.8 Å². The molecule has 1 unspecified atom stereocenters. The smallest absolute Gasteiger partial charge is 0.229 e. The van der Waals surface area contributed by atoms with Crippen molar-refractivity contribution in [1.82, 2.24) is 9.97 Å². The number of hydrogen-bond acceptors (Lipinski definition) is 5. The molecule has 3 rings (SSSR count). The summed E-state index contributed by atoms with van der Waals surface area (Å²) < 4.78 is 0. The van der Waals surface area contributed by atoms with Gasteiger partial charge < -0.3 is 15.5 Å². The number of carbonyl (C=O) groups is 2. The summed E-state index contributed by atoms with van der Waals surface area (Å²) in [6, 6.07) is 5.00. The third-order valence-corrected chi connectivity index (χ3v) is 4.54. The van der Waals surface area contributed by atoms with Gasteiger partial charge >= 0.3 is 0 Å². The molecule has 1 aromatic carbocycles. The molecule has 0 aliphatic carbocycles. The first-order chi connectivity index (χ1) is 12.5. The van der Waals surface area contributed by atoms with Crippen molar-refractivity contribution < 1.29 is 9.59 Å². The Bertz CT molecular complexity index is 799. The van der Waals surface area contributed by atoms with E-state index in [9.17, 15) is 9.59 Å². The third kappa shape index (κ3) is 4.49. The number of nitrogens with zero attached hydrogens (tertiary/aromatic N) is 3. The minimum Gasteiger partial charge on any atom is -0.355 e. The second-order valence-corrected chi connectivity index (χ2v) is 6.62. The van der Waals surface area contributed by atoms with Crippen molar-refractivity contribution in [2.75, 3.05) is 28.6 Å². The molecular weight excluding hydrogens is 354 g/mol. The molecule has 1 atom stereocenters. The van der Waals surface area contributed by atoms with Gasteiger partial charge in [0.05, 0.1) is 22.8 Å². The molecule has 7 nitrogen and oxygen atoms in total. The maximum atomic E-state index is 12.7. The largest absolute Gasteiger partial charge is 0.355 e. The zero-order valence-electron chi connectivity index (χ0n) is 14.4. The van der Waals surface area contributed by atoms with Gasteiger partial charge in [0, 0.05) is 38.1 Å². The highest BCUT2D eigenvalue weighted by molar-refractivity contribution is 6.33. The van der Waals surface area contributed by atoms with Gasteiger partial charge in [-0.1, -0.05) is 11.6 Å². The zero-order valence-corrected chi connectivity index (χ0v) is 15.2. The van der Waals surface area contributed by atoms with Crippen molar-refractivity contribution in [3.8, 4) is 0 Å². The van der Waals surface area contributed by atoms with Crippen LogP contribution in [0.15, 0.2) is 36.8 Å². The highest BCUT2D eigenvalue weighted by atomic mass is 35.5. The molecule has 2 aromatic rings. The number of amides is 2. The summed E-state index contributed by atoms with van der Waals surface area (Å²) in [6.45, 7) is 2.85. The van der Waals surface area contributed by atoms with Crippen LogP contribution in [-0.4, -0.2) is 34.9 Å². The molecular formula is C18H20ClN5O2. The average Bonchev–Trinajstić information content (AvgIpc) is 2.65. The molecule has 1 aromatic heterocycles. The van der Waals surface area contributed by atoms with Gasteiger partial charge in [-0.3, -0.25) is 14.6 Å². The number of hydrogen-bond donors (Lipinski definition) is 2. The second-order valence-electron chi connectivity index (χ2n) is 6.21. The van der Waals surface area contributed by atoms with E-state index in [4.69, 9.17) is 11.6 Å². The highest BCUT2D eigenvalue weighted by Crippen LogP contribution is 2.28. The Labute approximate surface area is 156 Å². The Kier molecular flexibility index (Phi) is 5.68. The predicted octanol–water partition coefficient (Wildman–Crippen LogP) is 2.94. The molecule has 2 heterocycles. The van der Waals surface area contributed by atoms with Crippen molar-refractivity contribution in [3.05, 3.63) is 41.8 Å². The maximum Gasteiger partial charge on any atom is 0.229 e. The number of carbonyl (C=O) groups excluding carboxylic acids is 2. The van der Waals surface area contributed by atoms with Crippen LogP contribution in [-0.2, 0) is 9.59 Å². The van der Waals surface area contributed by atoms with E-state index in [1.54, 1.807) is 36.8 Å². The Morgan fingerprint density at radius 1 is 1.27 bits per heavy atom. The third-order valence-electron chi connectivity index (χ3n) is 4.21. The Balaban J connectivity index is 1.68. The van der Waals surface area contributed by atoms with Gasteiger partial charge in [-0.15, -0.1) is 0 Å². The number of halogens is 1. The normalized spacial score (nSPS) is 16.8. The minimum absolute atomic E-state index is 0.0968. The van der Waals surface area contributed by atoms with Gasteiger partial charge in [0.1, 0.15) is 5.82 Å². The Morgan fingerprint density at radius 2 is 2.12 bits per heavy atom. The molecule has 1 aliphatic heterocycles. The average molecular weight is 374 g/mol. The zero-order chi connectivity index (χ0) is 18.5. The highest BCUT2D eigenvalue weighted by Gasteiger charge is 2.27. The van der Waals surface area contributed by atoms with E-state index in [0.29, 0.717) is 22.9 Å². The van der Waals surface area contributed by atoms with Crippen LogP contribution >= 0.6 is 11.6 Å². The lowest BCUT2D eigenvalue weighted by Crippen LogP contribution is -2.41. The lowest BCUT2D eigenvalue weighted by atomic mass is 9.97. The van der Waals surface area contributed by atoms with E-state index in [1.807, 2.05) is 0 Å². The predicted molar refractivity (Wildman–Crippen MR) is 101 cm³/mol. The Hall–Kier alpha value is -2.67. The SMILES string of the molecule is CC(=O)Nc1ccc(Cl)c(NC(=O)C2CCCN(c3cnccn3)C2)c1. The molecule has 1 saturated heterocycles. The van der Waals surface area contributed by atoms with Gasteiger partial charge in [-0.05, 0) is 31.0 Å². The molecule has 2 amide bonds. The van der Waals surface area contributed by atoms with Gasteiger partial charge in [-0.2, -0.15) is 0 Å². The standard InChI is InChI=1S/C18H20ClN5O2/c1-12(25)22-14-4-5-15(19)16(9-14)23-18(26)13-3-2-8-24(11-13)17-10-20-6-7-21-17/h4-7,9-10,13H,2-3,8,11H2,1H3,(H,22,25)(H,23,26). The number of rotatable bonds is 4. The lowest BCUT2D eigenvalue weighted by molar-refractivity contribution is -0.120. The summed E-state index contributed by atoms with van der Waals surface area (Å²) in [5, 5.41) is 5.99. The van der Waals surface area contributed by atoms with Gasteiger partial charge in [0.25, 0.3) is 0 Å². The first-order valence-electron chi connectivity index (χ1n) is 8.42. The topological polar surface area (TPSA) is 87.2 Å². The monoisotopic (exact) mass is 373 g/mol. The molecule has 0 bridgehead atoms. The van der Waals surface area contributed by atoms with E-state index in [0.717, 1.165) is 25.2 Å². The van der Waals surface area contributed by atoms with Crippen molar-refractivity contribution >= 4 is 40.6 Å². The van der Waals surface area contributed by atoms with E-state index < -0.39 is 0 Å². The first kappa shape index (κ1) is 18.1. The molecule has 26 heavy (non-hydrogen) atoms. The molecule has 0 spiro atoms. The summed E-state index contributed by atoms with van der Waals surface area (Å²) >= 11 is 6.18. The minimum atomic E-state index is -0.184. The molecule has 0 saturated carbocycles. The molecule has 0 radical (unpaired) electrons. The summed E-state index contributed by atoms with van der Waals surface area (Å²) in [5.74, 6) is 0.318. The fourth-order valence-electron chi connectivity index (χ4n) is 2.99. The fourth-order valence-corrected chi connectivity index (χ4v) is 3.16. The van der Waals surface area contributed by atoms with Crippen molar-refractivity contribution in [2.45, 2.75) is 19.8 Å². The number of nitrogens with one attached hydrogen (secondary N) is 2. The molecule has 1 aliphatic rings. The lowest BCUT2D eigenvalue weighted by Gasteiger charge is -2.32. The summed E-state index contributed by atoms with van der Waals surface area (Å²) in [4.78, 5) is 34.4. The number of piperidine rings is 1. The summed E-state index contributed by atoms with van der Waals surface area (Å²) in [6.07, 6.45) is 6.67. The molecule has 8 heteroatoms. The van der Waals surface area contributed by atoms with Crippen LogP contribution in [0.25, 0.3) is 0 Å². The molecule has 1 fully saturated rings. The number of benzene rings is 1. The number of aromatic nitrogens is 2. The Morgan fingerprint density at radius 3 is 2.85 bits per heavy atom. The van der Waals surface area contributed by atoms with E-state index in [-0.39, 0.29) is 17.7 Å². The van der Waals surface area contributed by atoms with Crippen LogP contribution < -0.4 is 15.5 Å². The summed E-state index contributed by atoms with van der Waals surface area (Å²) in [5.41, 5.74) is 1.07. The van der Waals surface area contributed by atoms with Crippen LogP contribution in [0.4, 0.5) is 17.2 Å². The van der Waals surface area contributed by atoms with Crippen LogP contribution in [0.5, 0.6) is 0 Å². The van der Waals surface area contributed by atoms with E-state index in [2.05, 4.69) is 25.5 Å². The van der Waals surface area contributed by atoms with Crippen LogP contribution in [0, 0.1) is 5.92 Å². The van der Waals surface area contributed by atoms with Crippen LogP contribution in [0.2, 0.25) is 5.02 Å². The molecule has 136 valence electrons. The first-order valence-corrected chi connectivity index (χ1v) is 8.79. The fraction of sp³-hybridized carbons (Fsp3) is 0.333. The molecule has 2 N–H and O–H groups in total. The maximum absolute atomic E-state index is 12.7. The van der Waals surface area contributed by atoms with E-state index in [1.165, 1.54) is 6.92 Å². The summed E-state index contributed by atoms with van der Waals surface area (Å²) in [7, 11) is 0. The van der Waals surface area contributed by atoms with Crippen LogP contribution in [0.3, 0.4) is 0 Å². The van der Waals surface area contributed by atoms with Crippen molar-refractivity contribution in [2.24, 2.45) is 5.92 Å². The van der Waals surface area contributed by atoms with Crippen molar-refractivity contribution in [3.63, 3.8) is 0 Å². The van der Waals surface area contributed by atoms with Gasteiger partial charge in [0.2, 0.25) is 11.8 Å². The second kappa shape index (κ2) is 8.14. The van der Waals surface area contributed by atoms with E-state index >= 15 is 0 Å². The van der Waals surface area contributed by atoms with Crippen molar-refractivity contribution in [1.29, 1.82) is 0 Å².